The molecule has 1 aliphatic heterocycles. The van der Waals surface area contributed by atoms with Crippen LogP contribution < -0.4 is 0 Å². The molecule has 5 nitrogen and oxygen atoms in total. The number of rotatable bonds is 11. The predicted molar refractivity (Wildman–Crippen MR) is 76.3 cm³/mol. The van der Waals surface area contributed by atoms with Gasteiger partial charge in [-0.2, -0.15) is 0 Å². The van der Waals surface area contributed by atoms with Crippen LogP contribution in [0.25, 0.3) is 0 Å². The molecular formula is C15H30O5. The largest absolute Gasteiger partial charge is 0.387 e. The molecule has 1 heterocycles. The minimum atomic E-state index is -1.30. The molecule has 1 saturated heterocycles. The van der Waals surface area contributed by atoms with Crippen molar-refractivity contribution < 1.29 is 24.8 Å². The topological polar surface area (TPSA) is 79.2 Å². The number of aliphatic hydroxyl groups excluding tert-OH is 3. The molecule has 1 fully saturated rings. The predicted octanol–water partition coefficient (Wildman–Crippen LogP) is 1.58. The summed E-state index contributed by atoms with van der Waals surface area (Å²) in [7, 11) is 0. The van der Waals surface area contributed by atoms with Crippen LogP contribution in [0.15, 0.2) is 0 Å². The first kappa shape index (κ1) is 17.9. The van der Waals surface area contributed by atoms with Crippen molar-refractivity contribution in [3.63, 3.8) is 0 Å². The van der Waals surface area contributed by atoms with E-state index < -0.39 is 24.6 Å². The van der Waals surface area contributed by atoms with Gasteiger partial charge in [0.2, 0.25) is 0 Å². The average molecular weight is 290 g/mol. The molecule has 0 spiro atoms. The molecule has 0 aromatic rings. The second-order valence-electron chi connectivity index (χ2n) is 5.60. The van der Waals surface area contributed by atoms with Crippen LogP contribution in [-0.4, -0.2) is 53.1 Å². The molecule has 4 atom stereocenters. The summed E-state index contributed by atoms with van der Waals surface area (Å²) in [6.07, 6.45) is 5.76. The molecule has 20 heavy (non-hydrogen) atoms. The van der Waals surface area contributed by atoms with E-state index in [1.807, 2.05) is 0 Å². The van der Waals surface area contributed by atoms with Crippen LogP contribution in [-0.2, 0) is 9.47 Å². The first-order valence-electron chi connectivity index (χ1n) is 7.94. The van der Waals surface area contributed by atoms with Gasteiger partial charge in [0.1, 0.15) is 18.3 Å². The van der Waals surface area contributed by atoms with E-state index in [0.29, 0.717) is 6.61 Å². The maximum absolute atomic E-state index is 9.56. The fraction of sp³-hybridized carbons (Fsp3) is 1.00. The quantitative estimate of drug-likeness (QED) is 0.504. The monoisotopic (exact) mass is 290 g/mol. The first-order chi connectivity index (χ1) is 9.66. The summed E-state index contributed by atoms with van der Waals surface area (Å²) in [5.41, 5.74) is 0. The summed E-state index contributed by atoms with van der Waals surface area (Å²) in [6, 6.07) is 0. The number of hydrogen-bond donors (Lipinski definition) is 3. The summed E-state index contributed by atoms with van der Waals surface area (Å²) in [6.45, 7) is 3.07. The van der Waals surface area contributed by atoms with E-state index >= 15 is 0 Å². The standard InChI is InChI=1S/C15H30O5/c1-2-3-4-5-6-7-8-9-10-19-11-12-13(16)14(17)15(18)20-12/h12-18H,2-11H2,1H3/t12-,13+,14-,15?/m1/s1. The van der Waals surface area contributed by atoms with E-state index in [-0.39, 0.29) is 6.61 Å². The fourth-order valence-electron chi connectivity index (χ4n) is 2.40. The summed E-state index contributed by atoms with van der Waals surface area (Å²) < 4.78 is 10.4. The molecular weight excluding hydrogens is 260 g/mol. The smallest absolute Gasteiger partial charge is 0.184 e. The van der Waals surface area contributed by atoms with Crippen molar-refractivity contribution in [2.45, 2.75) is 82.9 Å². The van der Waals surface area contributed by atoms with Gasteiger partial charge in [-0.3, -0.25) is 0 Å². The van der Waals surface area contributed by atoms with Crippen LogP contribution in [0.4, 0.5) is 0 Å². The zero-order valence-electron chi connectivity index (χ0n) is 12.5. The van der Waals surface area contributed by atoms with Crippen LogP contribution in [0.5, 0.6) is 0 Å². The summed E-state index contributed by atoms with van der Waals surface area (Å²) >= 11 is 0. The van der Waals surface area contributed by atoms with E-state index in [1.165, 1.54) is 38.5 Å². The second kappa shape index (κ2) is 10.5. The Morgan fingerprint density at radius 1 is 0.850 bits per heavy atom. The lowest BCUT2D eigenvalue weighted by Crippen LogP contribution is -2.34. The summed E-state index contributed by atoms with van der Waals surface area (Å²) in [5, 5.41) is 28.1. The Morgan fingerprint density at radius 2 is 1.45 bits per heavy atom. The molecule has 120 valence electrons. The van der Waals surface area contributed by atoms with Crippen molar-refractivity contribution in [3.8, 4) is 0 Å². The summed E-state index contributed by atoms with van der Waals surface area (Å²) in [5.74, 6) is 0. The highest BCUT2D eigenvalue weighted by Gasteiger charge is 2.41. The molecule has 5 heteroatoms. The number of ether oxygens (including phenoxy) is 2. The Labute approximate surface area is 121 Å². The van der Waals surface area contributed by atoms with Crippen molar-refractivity contribution in [1.82, 2.24) is 0 Å². The highest BCUT2D eigenvalue weighted by Crippen LogP contribution is 2.19. The molecule has 0 saturated carbocycles. The van der Waals surface area contributed by atoms with Crippen molar-refractivity contribution >= 4 is 0 Å². The van der Waals surface area contributed by atoms with Gasteiger partial charge in [0.25, 0.3) is 0 Å². The van der Waals surface area contributed by atoms with Gasteiger partial charge in [-0.25, -0.2) is 0 Å². The third kappa shape index (κ3) is 6.50. The lowest BCUT2D eigenvalue weighted by Gasteiger charge is -2.14. The van der Waals surface area contributed by atoms with Crippen LogP contribution in [0.2, 0.25) is 0 Å². The molecule has 0 aliphatic carbocycles. The van der Waals surface area contributed by atoms with E-state index in [1.54, 1.807) is 0 Å². The van der Waals surface area contributed by atoms with Crippen LogP contribution >= 0.6 is 0 Å². The molecule has 1 unspecified atom stereocenters. The van der Waals surface area contributed by atoms with Gasteiger partial charge < -0.3 is 24.8 Å². The molecule has 3 N–H and O–H groups in total. The van der Waals surface area contributed by atoms with Crippen molar-refractivity contribution in [3.05, 3.63) is 0 Å². The van der Waals surface area contributed by atoms with E-state index in [9.17, 15) is 15.3 Å². The molecule has 1 rings (SSSR count). The lowest BCUT2D eigenvalue weighted by atomic mass is 10.1. The zero-order chi connectivity index (χ0) is 14.8. The van der Waals surface area contributed by atoms with Crippen LogP contribution in [0.1, 0.15) is 58.3 Å². The van der Waals surface area contributed by atoms with E-state index in [4.69, 9.17) is 9.47 Å². The highest BCUT2D eigenvalue weighted by atomic mass is 16.7. The van der Waals surface area contributed by atoms with Gasteiger partial charge in [-0.15, -0.1) is 0 Å². The van der Waals surface area contributed by atoms with Gasteiger partial charge in [0.15, 0.2) is 6.29 Å². The van der Waals surface area contributed by atoms with Crippen molar-refractivity contribution in [1.29, 1.82) is 0 Å². The van der Waals surface area contributed by atoms with Gasteiger partial charge in [-0.1, -0.05) is 51.9 Å². The maximum atomic E-state index is 9.56. The Bertz CT molecular complexity index is 236. The minimum absolute atomic E-state index is 0.214. The van der Waals surface area contributed by atoms with Crippen molar-refractivity contribution in [2.75, 3.05) is 13.2 Å². The molecule has 1 aliphatic rings. The van der Waals surface area contributed by atoms with Crippen LogP contribution in [0.3, 0.4) is 0 Å². The minimum Gasteiger partial charge on any atom is -0.387 e. The SMILES string of the molecule is CCCCCCCCCCOC[C@H]1OC(O)[C@H](O)[C@H]1O. The average Bonchev–Trinajstić information content (AvgIpc) is 2.68. The fourth-order valence-corrected chi connectivity index (χ4v) is 2.40. The van der Waals surface area contributed by atoms with Crippen molar-refractivity contribution in [2.24, 2.45) is 0 Å². The van der Waals surface area contributed by atoms with Gasteiger partial charge in [0, 0.05) is 6.61 Å². The Hall–Kier alpha value is -0.200. The van der Waals surface area contributed by atoms with Crippen LogP contribution in [0, 0.1) is 0 Å². The Kier molecular flexibility index (Phi) is 9.39. The Balaban J connectivity index is 1.88. The molecule has 0 radical (unpaired) electrons. The maximum Gasteiger partial charge on any atom is 0.184 e. The van der Waals surface area contributed by atoms with Gasteiger partial charge in [0.05, 0.1) is 6.61 Å². The highest BCUT2D eigenvalue weighted by molar-refractivity contribution is 4.85. The first-order valence-corrected chi connectivity index (χ1v) is 7.94. The molecule has 0 bridgehead atoms. The van der Waals surface area contributed by atoms with Gasteiger partial charge >= 0.3 is 0 Å². The zero-order valence-corrected chi connectivity index (χ0v) is 12.5. The number of aliphatic hydroxyl groups is 3. The second-order valence-corrected chi connectivity index (χ2v) is 5.60. The van der Waals surface area contributed by atoms with E-state index in [0.717, 1.165) is 12.8 Å². The summed E-state index contributed by atoms with van der Waals surface area (Å²) in [4.78, 5) is 0. The number of hydrogen-bond acceptors (Lipinski definition) is 5. The third-order valence-corrected chi connectivity index (χ3v) is 3.76. The number of unbranched alkanes of at least 4 members (excludes halogenated alkanes) is 7. The normalized spacial score (nSPS) is 30.0. The van der Waals surface area contributed by atoms with E-state index in [2.05, 4.69) is 6.92 Å². The molecule has 0 amide bonds. The van der Waals surface area contributed by atoms with Gasteiger partial charge in [-0.05, 0) is 6.42 Å². The third-order valence-electron chi connectivity index (χ3n) is 3.76. The molecule has 0 aromatic heterocycles. The Morgan fingerprint density at radius 3 is 2.00 bits per heavy atom. The lowest BCUT2D eigenvalue weighted by molar-refractivity contribution is -0.137. The molecule has 0 aromatic carbocycles.